The van der Waals surface area contributed by atoms with Crippen molar-refractivity contribution >= 4 is 11.8 Å². The average Bonchev–Trinajstić information content (AvgIpc) is 3.28. The van der Waals surface area contributed by atoms with Gasteiger partial charge in [0.15, 0.2) is 0 Å². The molecule has 0 saturated heterocycles. The Bertz CT molecular complexity index is 541. The second kappa shape index (κ2) is 6.20. The van der Waals surface area contributed by atoms with Crippen molar-refractivity contribution in [2.75, 3.05) is 20.1 Å². The van der Waals surface area contributed by atoms with Crippen LogP contribution < -0.4 is 5.32 Å². The molecule has 5 heteroatoms. The van der Waals surface area contributed by atoms with E-state index in [-0.39, 0.29) is 18.4 Å². The summed E-state index contributed by atoms with van der Waals surface area (Å²) in [6.07, 6.45) is 2.38. The van der Waals surface area contributed by atoms with Gasteiger partial charge in [-0.05, 0) is 43.0 Å². The maximum atomic E-state index is 11.8. The van der Waals surface area contributed by atoms with Gasteiger partial charge in [0.2, 0.25) is 5.91 Å². The summed E-state index contributed by atoms with van der Waals surface area (Å²) in [6, 6.07) is 8.30. The summed E-state index contributed by atoms with van der Waals surface area (Å²) in [5.74, 6) is 0.250. The molecule has 0 spiro atoms. The lowest BCUT2D eigenvalue weighted by Crippen LogP contribution is -2.38. The Balaban J connectivity index is 1.81. The van der Waals surface area contributed by atoms with Gasteiger partial charge in [-0.25, -0.2) is 0 Å². The number of hydrogen-bond acceptors (Lipinski definition) is 3. The molecule has 20 heavy (non-hydrogen) atoms. The van der Waals surface area contributed by atoms with Gasteiger partial charge in [-0.1, -0.05) is 0 Å². The first-order valence-electron chi connectivity index (χ1n) is 6.62. The highest BCUT2D eigenvalue weighted by Crippen LogP contribution is 2.29. The van der Waals surface area contributed by atoms with Crippen LogP contribution in [0, 0.1) is 17.2 Å². The molecule has 2 rings (SSSR count). The molecule has 0 bridgehead atoms. The van der Waals surface area contributed by atoms with Crippen LogP contribution in [-0.2, 0) is 4.79 Å². The van der Waals surface area contributed by atoms with E-state index in [1.54, 1.807) is 36.2 Å². The molecule has 104 valence electrons. The number of nitrogens with one attached hydrogen (secondary N) is 1. The van der Waals surface area contributed by atoms with E-state index in [1.807, 2.05) is 6.07 Å². The van der Waals surface area contributed by atoms with Crippen LogP contribution in [0.25, 0.3) is 0 Å². The molecular weight excluding hydrogens is 254 g/mol. The lowest BCUT2D eigenvalue weighted by atomic mass is 10.1. The first-order chi connectivity index (χ1) is 9.60. The Hall–Kier alpha value is -2.35. The molecule has 5 nitrogen and oxygen atoms in total. The number of carbonyl (C=O) groups is 2. The predicted molar refractivity (Wildman–Crippen MR) is 73.9 cm³/mol. The number of likely N-dealkylation sites (N-methyl/N-ethyl adjacent to an activating group) is 1. The van der Waals surface area contributed by atoms with Gasteiger partial charge in [-0.2, -0.15) is 5.26 Å². The normalized spacial score (nSPS) is 13.4. The molecule has 2 amide bonds. The zero-order valence-electron chi connectivity index (χ0n) is 11.4. The van der Waals surface area contributed by atoms with E-state index in [9.17, 15) is 9.59 Å². The van der Waals surface area contributed by atoms with Crippen molar-refractivity contribution in [2.45, 2.75) is 12.8 Å². The number of nitriles is 1. The lowest BCUT2D eigenvalue weighted by molar-refractivity contribution is -0.129. The Labute approximate surface area is 118 Å². The smallest absolute Gasteiger partial charge is 0.251 e. The first kappa shape index (κ1) is 14.1. The summed E-state index contributed by atoms with van der Waals surface area (Å²) in [7, 11) is 1.76. The van der Waals surface area contributed by atoms with E-state index in [0.717, 1.165) is 6.54 Å². The third-order valence-corrected chi connectivity index (χ3v) is 3.33. The van der Waals surface area contributed by atoms with Crippen molar-refractivity contribution in [1.29, 1.82) is 5.26 Å². The van der Waals surface area contributed by atoms with Gasteiger partial charge in [0.25, 0.3) is 5.91 Å². The summed E-state index contributed by atoms with van der Waals surface area (Å²) in [6.45, 7) is 0.771. The van der Waals surface area contributed by atoms with E-state index < -0.39 is 0 Å². The zero-order chi connectivity index (χ0) is 14.5. The minimum absolute atomic E-state index is 0.00204. The zero-order valence-corrected chi connectivity index (χ0v) is 11.4. The van der Waals surface area contributed by atoms with Gasteiger partial charge in [0, 0.05) is 19.2 Å². The summed E-state index contributed by atoms with van der Waals surface area (Å²) < 4.78 is 0. The lowest BCUT2D eigenvalue weighted by Gasteiger charge is -2.17. The third-order valence-electron chi connectivity index (χ3n) is 3.33. The predicted octanol–water partition coefficient (Wildman–Crippen LogP) is 1.16. The Morgan fingerprint density at radius 1 is 1.35 bits per heavy atom. The number of nitrogens with zero attached hydrogens (tertiary/aromatic N) is 2. The van der Waals surface area contributed by atoms with Crippen molar-refractivity contribution in [3.8, 4) is 6.07 Å². The molecule has 1 aliphatic carbocycles. The molecule has 1 aromatic carbocycles. The second-order valence-corrected chi connectivity index (χ2v) is 5.09. The van der Waals surface area contributed by atoms with Crippen LogP contribution in [0.3, 0.4) is 0 Å². The molecule has 0 aromatic heterocycles. The van der Waals surface area contributed by atoms with E-state index in [1.165, 1.54) is 12.8 Å². The van der Waals surface area contributed by atoms with Crippen molar-refractivity contribution in [2.24, 2.45) is 5.92 Å². The highest BCUT2D eigenvalue weighted by Gasteiger charge is 2.24. The van der Waals surface area contributed by atoms with Crippen molar-refractivity contribution in [3.63, 3.8) is 0 Å². The highest BCUT2D eigenvalue weighted by molar-refractivity contribution is 5.96. The van der Waals surface area contributed by atoms with Gasteiger partial charge in [-0.3, -0.25) is 9.59 Å². The van der Waals surface area contributed by atoms with Gasteiger partial charge in [0.1, 0.15) is 0 Å². The quantitative estimate of drug-likeness (QED) is 0.873. The number of benzene rings is 1. The first-order valence-corrected chi connectivity index (χ1v) is 6.62. The maximum Gasteiger partial charge on any atom is 0.251 e. The van der Waals surface area contributed by atoms with E-state index in [0.29, 0.717) is 17.0 Å². The number of rotatable bonds is 5. The fourth-order valence-electron chi connectivity index (χ4n) is 1.88. The molecule has 1 saturated carbocycles. The van der Waals surface area contributed by atoms with E-state index in [2.05, 4.69) is 5.32 Å². The van der Waals surface area contributed by atoms with E-state index >= 15 is 0 Å². The molecule has 0 aliphatic heterocycles. The minimum atomic E-state index is -0.303. The molecule has 1 N–H and O–H groups in total. The van der Waals surface area contributed by atoms with Gasteiger partial charge >= 0.3 is 0 Å². The fourth-order valence-corrected chi connectivity index (χ4v) is 1.88. The number of amides is 2. The number of carbonyl (C=O) groups excluding carboxylic acids is 2. The standard InChI is InChI=1S/C15H17N3O2/c1-18(10-12-2-3-12)14(19)9-17-15(20)13-6-4-11(8-16)5-7-13/h4-7,12H,2-3,9-10H2,1H3,(H,17,20). The summed E-state index contributed by atoms with van der Waals surface area (Å²) >= 11 is 0. The molecule has 0 unspecified atom stereocenters. The van der Waals surface area contributed by atoms with E-state index in [4.69, 9.17) is 5.26 Å². The topological polar surface area (TPSA) is 73.2 Å². The molecule has 1 aromatic rings. The Morgan fingerprint density at radius 2 is 2.00 bits per heavy atom. The van der Waals surface area contributed by atoms with Crippen LogP contribution in [0.4, 0.5) is 0 Å². The SMILES string of the molecule is CN(CC1CC1)C(=O)CNC(=O)c1ccc(C#N)cc1. The maximum absolute atomic E-state index is 11.8. The van der Waals surface area contributed by atoms with Crippen molar-refractivity contribution in [1.82, 2.24) is 10.2 Å². The highest BCUT2D eigenvalue weighted by atomic mass is 16.2. The molecule has 1 aliphatic rings. The van der Waals surface area contributed by atoms with Crippen molar-refractivity contribution < 1.29 is 9.59 Å². The van der Waals surface area contributed by atoms with Crippen LogP contribution in [0.5, 0.6) is 0 Å². The van der Waals surface area contributed by atoms with Gasteiger partial charge < -0.3 is 10.2 Å². The fraction of sp³-hybridized carbons (Fsp3) is 0.400. The van der Waals surface area contributed by atoms with Crippen LogP contribution >= 0.6 is 0 Å². The minimum Gasteiger partial charge on any atom is -0.344 e. The summed E-state index contributed by atoms with van der Waals surface area (Å²) in [5.41, 5.74) is 0.948. The molecule has 0 heterocycles. The average molecular weight is 271 g/mol. The second-order valence-electron chi connectivity index (χ2n) is 5.09. The van der Waals surface area contributed by atoms with Gasteiger partial charge in [-0.15, -0.1) is 0 Å². The Kier molecular flexibility index (Phi) is 4.36. The molecule has 0 atom stereocenters. The Morgan fingerprint density at radius 3 is 2.55 bits per heavy atom. The van der Waals surface area contributed by atoms with Crippen molar-refractivity contribution in [3.05, 3.63) is 35.4 Å². The largest absolute Gasteiger partial charge is 0.344 e. The molecular formula is C15H17N3O2. The molecule has 1 fully saturated rings. The van der Waals surface area contributed by atoms with Crippen LogP contribution in [0.2, 0.25) is 0 Å². The van der Waals surface area contributed by atoms with Crippen LogP contribution in [0.1, 0.15) is 28.8 Å². The van der Waals surface area contributed by atoms with Crippen LogP contribution in [-0.4, -0.2) is 36.9 Å². The molecule has 0 radical (unpaired) electrons. The monoisotopic (exact) mass is 271 g/mol. The third kappa shape index (κ3) is 3.82. The summed E-state index contributed by atoms with van der Waals surface area (Å²) in [5, 5.41) is 11.3. The van der Waals surface area contributed by atoms with Gasteiger partial charge in [0.05, 0.1) is 18.2 Å². The summed E-state index contributed by atoms with van der Waals surface area (Å²) in [4.78, 5) is 25.3. The van der Waals surface area contributed by atoms with Crippen LogP contribution in [0.15, 0.2) is 24.3 Å². The number of hydrogen-bond donors (Lipinski definition) is 1.